The van der Waals surface area contributed by atoms with Gasteiger partial charge in [-0.2, -0.15) is 5.10 Å². The summed E-state index contributed by atoms with van der Waals surface area (Å²) in [6.45, 7) is -0.266. The summed E-state index contributed by atoms with van der Waals surface area (Å²) in [7, 11) is 1.71. The Labute approximate surface area is 125 Å². The van der Waals surface area contributed by atoms with Crippen LogP contribution in [-0.4, -0.2) is 33.1 Å². The number of rotatable bonds is 5. The fraction of sp³-hybridized carbons (Fsp3) is 0.154. The van der Waals surface area contributed by atoms with Gasteiger partial charge in [-0.05, 0) is 6.07 Å². The van der Waals surface area contributed by atoms with E-state index in [2.05, 4.69) is 15.7 Å². The number of nitro benzene ring substituents is 1. The van der Waals surface area contributed by atoms with E-state index in [0.29, 0.717) is 5.82 Å². The Balaban J connectivity index is 1.90. The largest absolute Gasteiger partial charge is 0.343 e. The van der Waals surface area contributed by atoms with E-state index in [1.54, 1.807) is 19.3 Å². The van der Waals surface area contributed by atoms with Crippen LogP contribution in [-0.2, 0) is 11.8 Å². The second-order valence-electron chi connectivity index (χ2n) is 4.41. The first-order valence-corrected chi connectivity index (χ1v) is 6.28. The number of nitrogens with zero attached hydrogens (tertiary/aromatic N) is 3. The molecule has 2 aromatic rings. The van der Waals surface area contributed by atoms with E-state index in [-0.39, 0.29) is 17.8 Å². The van der Waals surface area contributed by atoms with Gasteiger partial charge in [0.1, 0.15) is 0 Å². The molecule has 114 valence electrons. The fourth-order valence-electron chi connectivity index (χ4n) is 1.69. The maximum atomic E-state index is 11.8. The lowest BCUT2D eigenvalue weighted by Gasteiger charge is -2.05. The smallest absolute Gasteiger partial charge is 0.270 e. The summed E-state index contributed by atoms with van der Waals surface area (Å²) in [4.78, 5) is 33.6. The minimum Gasteiger partial charge on any atom is -0.343 e. The molecule has 0 fully saturated rings. The van der Waals surface area contributed by atoms with Gasteiger partial charge in [-0.3, -0.25) is 24.4 Å². The van der Waals surface area contributed by atoms with Crippen LogP contribution in [0.3, 0.4) is 0 Å². The van der Waals surface area contributed by atoms with Crippen molar-refractivity contribution in [1.82, 2.24) is 15.1 Å². The van der Waals surface area contributed by atoms with E-state index in [0.717, 1.165) is 6.07 Å². The van der Waals surface area contributed by atoms with Gasteiger partial charge in [-0.15, -0.1) is 0 Å². The lowest BCUT2D eigenvalue weighted by molar-refractivity contribution is -0.384. The van der Waals surface area contributed by atoms with E-state index in [1.165, 1.54) is 22.9 Å². The number of carbonyl (C=O) groups is 2. The van der Waals surface area contributed by atoms with E-state index < -0.39 is 16.7 Å². The quantitative estimate of drug-likeness (QED) is 0.622. The molecule has 9 nitrogen and oxygen atoms in total. The van der Waals surface area contributed by atoms with Crippen molar-refractivity contribution >= 4 is 23.3 Å². The summed E-state index contributed by atoms with van der Waals surface area (Å²) < 4.78 is 1.53. The SMILES string of the molecule is Cn1ccc(NC(=O)CNC(=O)c2cccc([N+](=O)[O-])c2)n1. The van der Waals surface area contributed by atoms with Gasteiger partial charge in [0.25, 0.3) is 11.6 Å². The molecule has 2 rings (SSSR count). The minimum absolute atomic E-state index is 0.111. The molecule has 2 amide bonds. The number of anilines is 1. The fourth-order valence-corrected chi connectivity index (χ4v) is 1.69. The molecule has 1 aromatic carbocycles. The molecule has 0 saturated carbocycles. The number of hydrogen-bond acceptors (Lipinski definition) is 5. The van der Waals surface area contributed by atoms with Gasteiger partial charge in [-0.25, -0.2) is 0 Å². The maximum absolute atomic E-state index is 11.8. The predicted octanol–water partition coefficient (Wildman–Crippen LogP) is 0.697. The Morgan fingerprint density at radius 3 is 2.77 bits per heavy atom. The molecule has 0 bridgehead atoms. The highest BCUT2D eigenvalue weighted by Gasteiger charge is 2.12. The van der Waals surface area contributed by atoms with Crippen LogP contribution >= 0.6 is 0 Å². The number of aromatic nitrogens is 2. The first-order valence-electron chi connectivity index (χ1n) is 6.28. The lowest BCUT2D eigenvalue weighted by atomic mass is 10.2. The summed E-state index contributed by atoms with van der Waals surface area (Å²) in [5.41, 5.74) is -0.0783. The molecule has 0 atom stereocenters. The first-order chi connectivity index (χ1) is 10.5. The number of benzene rings is 1. The summed E-state index contributed by atoms with van der Waals surface area (Å²) in [5.74, 6) is -0.644. The van der Waals surface area contributed by atoms with Gasteiger partial charge in [0, 0.05) is 37.0 Å². The molecule has 0 aliphatic heterocycles. The Morgan fingerprint density at radius 1 is 1.36 bits per heavy atom. The summed E-state index contributed by atoms with van der Waals surface area (Å²) in [5, 5.41) is 19.5. The van der Waals surface area contributed by atoms with E-state index in [4.69, 9.17) is 0 Å². The van der Waals surface area contributed by atoms with Crippen LogP contribution in [0.25, 0.3) is 0 Å². The zero-order chi connectivity index (χ0) is 16.1. The molecule has 0 saturated heterocycles. The average molecular weight is 303 g/mol. The van der Waals surface area contributed by atoms with Crippen molar-refractivity contribution in [3.63, 3.8) is 0 Å². The third-order valence-corrected chi connectivity index (χ3v) is 2.71. The molecule has 0 aliphatic rings. The van der Waals surface area contributed by atoms with Gasteiger partial charge < -0.3 is 10.6 Å². The third-order valence-electron chi connectivity index (χ3n) is 2.71. The number of amides is 2. The number of aryl methyl sites for hydroxylation is 1. The molecule has 0 radical (unpaired) electrons. The first kappa shape index (κ1) is 15.2. The van der Waals surface area contributed by atoms with Crippen LogP contribution in [0.15, 0.2) is 36.5 Å². The predicted molar refractivity (Wildman–Crippen MR) is 77.3 cm³/mol. The van der Waals surface area contributed by atoms with Crippen molar-refractivity contribution in [1.29, 1.82) is 0 Å². The lowest BCUT2D eigenvalue weighted by Crippen LogP contribution is -2.33. The van der Waals surface area contributed by atoms with Crippen LogP contribution in [0.4, 0.5) is 11.5 Å². The van der Waals surface area contributed by atoms with Crippen molar-refractivity contribution in [2.24, 2.45) is 7.05 Å². The Morgan fingerprint density at radius 2 is 2.14 bits per heavy atom. The van der Waals surface area contributed by atoms with Gasteiger partial charge in [0.2, 0.25) is 5.91 Å². The van der Waals surface area contributed by atoms with Crippen LogP contribution < -0.4 is 10.6 Å². The number of nitrogens with one attached hydrogen (secondary N) is 2. The van der Waals surface area contributed by atoms with Crippen molar-refractivity contribution in [2.45, 2.75) is 0 Å². The van der Waals surface area contributed by atoms with Crippen LogP contribution in [0.2, 0.25) is 0 Å². The van der Waals surface area contributed by atoms with Crippen LogP contribution in [0.5, 0.6) is 0 Å². The molecule has 9 heteroatoms. The second-order valence-corrected chi connectivity index (χ2v) is 4.41. The molecule has 0 spiro atoms. The molecular weight excluding hydrogens is 290 g/mol. The van der Waals surface area contributed by atoms with E-state index >= 15 is 0 Å². The highest BCUT2D eigenvalue weighted by Crippen LogP contribution is 2.12. The topological polar surface area (TPSA) is 119 Å². The van der Waals surface area contributed by atoms with Crippen molar-refractivity contribution in [2.75, 3.05) is 11.9 Å². The highest BCUT2D eigenvalue weighted by molar-refractivity contribution is 5.99. The summed E-state index contributed by atoms with van der Waals surface area (Å²) in [6.07, 6.45) is 1.66. The van der Waals surface area contributed by atoms with Crippen molar-refractivity contribution < 1.29 is 14.5 Å². The molecule has 0 aliphatic carbocycles. The standard InChI is InChI=1S/C13H13N5O4/c1-17-6-5-11(16-17)15-12(19)8-14-13(20)9-3-2-4-10(7-9)18(21)22/h2-7H,8H2,1H3,(H,14,20)(H,15,16,19). The van der Waals surface area contributed by atoms with Gasteiger partial charge >= 0.3 is 0 Å². The third kappa shape index (κ3) is 3.88. The molecule has 0 unspecified atom stereocenters. The van der Waals surface area contributed by atoms with Gasteiger partial charge in [0.15, 0.2) is 5.82 Å². The molecule has 22 heavy (non-hydrogen) atoms. The summed E-state index contributed by atoms with van der Waals surface area (Å²) >= 11 is 0. The number of nitro groups is 1. The van der Waals surface area contributed by atoms with E-state index in [9.17, 15) is 19.7 Å². The van der Waals surface area contributed by atoms with E-state index in [1.807, 2.05) is 0 Å². The molecule has 1 heterocycles. The average Bonchev–Trinajstić information content (AvgIpc) is 2.90. The minimum atomic E-state index is -0.593. The highest BCUT2D eigenvalue weighted by atomic mass is 16.6. The molecular formula is C13H13N5O4. The van der Waals surface area contributed by atoms with Gasteiger partial charge in [-0.1, -0.05) is 6.07 Å². The molecule has 1 aromatic heterocycles. The normalized spacial score (nSPS) is 10.0. The van der Waals surface area contributed by atoms with Crippen LogP contribution in [0.1, 0.15) is 10.4 Å². The second kappa shape index (κ2) is 6.48. The van der Waals surface area contributed by atoms with Crippen LogP contribution in [0, 0.1) is 10.1 Å². The maximum Gasteiger partial charge on any atom is 0.270 e. The number of non-ortho nitro benzene ring substituents is 1. The zero-order valence-electron chi connectivity index (χ0n) is 11.6. The monoisotopic (exact) mass is 303 g/mol. The van der Waals surface area contributed by atoms with Gasteiger partial charge in [0.05, 0.1) is 11.5 Å². The Bertz CT molecular complexity index is 725. The van der Waals surface area contributed by atoms with Crippen molar-refractivity contribution in [3.8, 4) is 0 Å². The molecule has 2 N–H and O–H groups in total. The zero-order valence-corrected chi connectivity index (χ0v) is 11.6. The Kier molecular flexibility index (Phi) is 4.47. The number of hydrogen-bond donors (Lipinski definition) is 2. The summed E-state index contributed by atoms with van der Waals surface area (Å²) in [6, 6.07) is 6.87. The Hall–Kier alpha value is -3.23. The number of carbonyl (C=O) groups excluding carboxylic acids is 2. The van der Waals surface area contributed by atoms with Crippen molar-refractivity contribution in [3.05, 3.63) is 52.2 Å².